The van der Waals surface area contributed by atoms with Crippen LogP contribution in [-0.2, 0) is 25.5 Å². The minimum atomic E-state index is -0.836. The zero-order valence-electron chi connectivity index (χ0n) is 24.1. The van der Waals surface area contributed by atoms with E-state index in [-0.39, 0.29) is 29.8 Å². The molecule has 3 aromatic rings. The Balaban J connectivity index is 1.69. The standard InChI is InChI=1S/C34H37NO6/c1-5-6-7-19-40-28-17-13-25(14-18-28)32(37)30-31(26-10-8-9-23(4)20-26)35(34(39)33(30)38)27-15-11-24(12-16-27)21-29(36)41-22(2)3/h8-18,20,22,31,37H,5-7,19,21H2,1-4H3/b32-30-. The van der Waals surface area contributed by atoms with Crippen LogP contribution in [0.25, 0.3) is 5.76 Å². The first kappa shape index (κ1) is 29.6. The van der Waals surface area contributed by atoms with E-state index in [1.54, 1.807) is 62.4 Å². The number of esters is 1. The van der Waals surface area contributed by atoms with E-state index in [1.807, 2.05) is 31.2 Å². The van der Waals surface area contributed by atoms with Crippen molar-refractivity contribution in [2.24, 2.45) is 0 Å². The predicted molar refractivity (Wildman–Crippen MR) is 159 cm³/mol. The number of ketones is 1. The van der Waals surface area contributed by atoms with Gasteiger partial charge in [-0.15, -0.1) is 0 Å². The SMILES string of the molecule is CCCCCOc1ccc(/C(O)=C2/C(=O)C(=O)N(c3ccc(CC(=O)OC(C)C)cc3)C2c2cccc(C)c2)cc1. The molecule has 1 unspecified atom stereocenters. The molecule has 1 saturated heterocycles. The monoisotopic (exact) mass is 555 g/mol. The van der Waals surface area contributed by atoms with Crippen molar-refractivity contribution in [3.63, 3.8) is 0 Å². The lowest BCUT2D eigenvalue weighted by molar-refractivity contribution is -0.146. The summed E-state index contributed by atoms with van der Waals surface area (Å²) in [6.07, 6.45) is 3.04. The number of ether oxygens (including phenoxy) is 2. The Morgan fingerprint density at radius 3 is 2.32 bits per heavy atom. The Morgan fingerprint density at radius 1 is 0.976 bits per heavy atom. The molecule has 7 nitrogen and oxygen atoms in total. The molecule has 1 aliphatic rings. The number of carbonyl (C=O) groups excluding carboxylic acids is 3. The second-order valence-corrected chi connectivity index (χ2v) is 10.5. The Bertz CT molecular complexity index is 1420. The van der Waals surface area contributed by atoms with Gasteiger partial charge < -0.3 is 14.6 Å². The fraction of sp³-hybridized carbons (Fsp3) is 0.324. The van der Waals surface area contributed by atoms with E-state index in [2.05, 4.69) is 6.92 Å². The summed E-state index contributed by atoms with van der Waals surface area (Å²) in [6.45, 7) is 8.25. The number of anilines is 1. The van der Waals surface area contributed by atoms with Gasteiger partial charge in [0.25, 0.3) is 11.7 Å². The molecule has 1 amide bonds. The van der Waals surface area contributed by atoms with Crippen molar-refractivity contribution in [3.8, 4) is 5.75 Å². The lowest BCUT2D eigenvalue weighted by atomic mass is 9.94. The maximum Gasteiger partial charge on any atom is 0.310 e. The second kappa shape index (κ2) is 13.3. The zero-order chi connectivity index (χ0) is 29.5. The van der Waals surface area contributed by atoms with E-state index >= 15 is 0 Å². The highest BCUT2D eigenvalue weighted by atomic mass is 16.5. The van der Waals surface area contributed by atoms with Crippen molar-refractivity contribution < 1.29 is 29.0 Å². The van der Waals surface area contributed by atoms with E-state index < -0.39 is 17.7 Å². The minimum absolute atomic E-state index is 0.0156. The van der Waals surface area contributed by atoms with Gasteiger partial charge in [-0.3, -0.25) is 19.3 Å². The van der Waals surface area contributed by atoms with Crippen LogP contribution in [0.4, 0.5) is 5.69 Å². The van der Waals surface area contributed by atoms with Crippen LogP contribution in [0.2, 0.25) is 0 Å². The third kappa shape index (κ3) is 7.04. The van der Waals surface area contributed by atoms with E-state index in [9.17, 15) is 19.5 Å². The van der Waals surface area contributed by atoms with Crippen LogP contribution in [0.5, 0.6) is 5.75 Å². The molecule has 41 heavy (non-hydrogen) atoms. The number of aliphatic hydroxyl groups excluding tert-OH is 1. The van der Waals surface area contributed by atoms with E-state index in [0.717, 1.165) is 30.4 Å². The molecule has 0 aliphatic carbocycles. The Kier molecular flexibility index (Phi) is 9.61. The fourth-order valence-corrected chi connectivity index (χ4v) is 4.91. The van der Waals surface area contributed by atoms with Gasteiger partial charge in [0.1, 0.15) is 11.5 Å². The first-order valence-corrected chi connectivity index (χ1v) is 14.1. The number of Topliss-reactive ketones (excluding diaryl/α,β-unsaturated/α-hetero) is 1. The molecule has 214 valence electrons. The number of unbranched alkanes of at least 4 members (excludes halogenated alkanes) is 2. The van der Waals surface area contributed by atoms with Gasteiger partial charge >= 0.3 is 5.97 Å². The summed E-state index contributed by atoms with van der Waals surface area (Å²) < 4.78 is 11.0. The van der Waals surface area contributed by atoms with Crippen LogP contribution in [0.15, 0.2) is 78.4 Å². The molecule has 0 spiro atoms. The van der Waals surface area contributed by atoms with Crippen LogP contribution in [0.3, 0.4) is 0 Å². The summed E-state index contributed by atoms with van der Waals surface area (Å²) in [7, 11) is 0. The molecule has 1 atom stereocenters. The van der Waals surface area contributed by atoms with Crippen molar-refractivity contribution in [2.75, 3.05) is 11.5 Å². The Labute approximate surface area is 241 Å². The normalized spacial score (nSPS) is 16.3. The number of benzene rings is 3. The molecule has 1 N–H and O–H groups in total. The van der Waals surface area contributed by atoms with Crippen LogP contribution < -0.4 is 9.64 Å². The van der Waals surface area contributed by atoms with Crippen LogP contribution in [0.1, 0.15) is 68.3 Å². The smallest absolute Gasteiger partial charge is 0.310 e. The van der Waals surface area contributed by atoms with Gasteiger partial charge in [0, 0.05) is 11.3 Å². The van der Waals surface area contributed by atoms with Crippen molar-refractivity contribution in [3.05, 3.63) is 101 Å². The zero-order valence-corrected chi connectivity index (χ0v) is 24.1. The number of hydrogen-bond acceptors (Lipinski definition) is 6. The molecular formula is C34H37NO6. The average molecular weight is 556 g/mol. The third-order valence-electron chi connectivity index (χ3n) is 6.88. The summed E-state index contributed by atoms with van der Waals surface area (Å²) in [5.41, 5.74) is 3.29. The van der Waals surface area contributed by atoms with Gasteiger partial charge in [-0.2, -0.15) is 0 Å². The topological polar surface area (TPSA) is 93.1 Å². The third-order valence-corrected chi connectivity index (χ3v) is 6.88. The predicted octanol–water partition coefficient (Wildman–Crippen LogP) is 6.68. The summed E-state index contributed by atoms with van der Waals surface area (Å²) in [5, 5.41) is 11.4. The van der Waals surface area contributed by atoms with Crippen molar-refractivity contribution in [2.45, 2.75) is 65.5 Å². The molecule has 4 rings (SSSR count). The summed E-state index contributed by atoms with van der Waals surface area (Å²) >= 11 is 0. The first-order valence-electron chi connectivity index (χ1n) is 14.1. The summed E-state index contributed by atoms with van der Waals surface area (Å²) in [4.78, 5) is 40.4. The van der Waals surface area contributed by atoms with E-state index in [1.165, 1.54) is 4.90 Å². The minimum Gasteiger partial charge on any atom is -0.507 e. The number of hydrogen-bond donors (Lipinski definition) is 1. The quantitative estimate of drug-likeness (QED) is 0.0932. The maximum absolute atomic E-state index is 13.5. The van der Waals surface area contributed by atoms with Gasteiger partial charge in [-0.25, -0.2) is 0 Å². The molecule has 0 saturated carbocycles. The van der Waals surface area contributed by atoms with Crippen LogP contribution >= 0.6 is 0 Å². The molecule has 1 fully saturated rings. The van der Waals surface area contributed by atoms with Crippen LogP contribution in [-0.4, -0.2) is 35.5 Å². The average Bonchev–Trinajstić information content (AvgIpc) is 3.21. The highest BCUT2D eigenvalue weighted by Gasteiger charge is 2.47. The van der Waals surface area contributed by atoms with Gasteiger partial charge in [0.15, 0.2) is 0 Å². The second-order valence-electron chi connectivity index (χ2n) is 10.5. The number of carbonyl (C=O) groups is 3. The van der Waals surface area contributed by atoms with Gasteiger partial charge in [-0.05, 0) is 74.7 Å². The molecule has 0 radical (unpaired) electrons. The van der Waals surface area contributed by atoms with E-state index in [0.29, 0.717) is 29.2 Å². The number of aryl methyl sites for hydroxylation is 1. The molecule has 0 bridgehead atoms. The summed E-state index contributed by atoms with van der Waals surface area (Å²) in [6, 6.07) is 20.5. The van der Waals surface area contributed by atoms with Crippen molar-refractivity contribution >= 4 is 29.1 Å². The lowest BCUT2D eigenvalue weighted by Crippen LogP contribution is -2.29. The number of nitrogens with zero attached hydrogens (tertiary/aromatic N) is 1. The first-order chi connectivity index (χ1) is 19.7. The molecule has 3 aromatic carbocycles. The molecular weight excluding hydrogens is 518 g/mol. The summed E-state index contributed by atoms with van der Waals surface area (Å²) in [5.74, 6) is -1.42. The van der Waals surface area contributed by atoms with Gasteiger partial charge in [0.2, 0.25) is 0 Å². The highest BCUT2D eigenvalue weighted by molar-refractivity contribution is 6.51. The largest absolute Gasteiger partial charge is 0.507 e. The van der Waals surface area contributed by atoms with Gasteiger partial charge in [0.05, 0.1) is 30.7 Å². The number of rotatable bonds is 11. The molecule has 1 heterocycles. The maximum atomic E-state index is 13.5. The lowest BCUT2D eigenvalue weighted by Gasteiger charge is -2.26. The van der Waals surface area contributed by atoms with E-state index in [4.69, 9.17) is 9.47 Å². The fourth-order valence-electron chi connectivity index (χ4n) is 4.91. The van der Waals surface area contributed by atoms with Crippen LogP contribution in [0, 0.1) is 6.92 Å². The molecule has 0 aromatic heterocycles. The number of aliphatic hydroxyl groups is 1. The number of amides is 1. The molecule has 7 heteroatoms. The molecule has 1 aliphatic heterocycles. The Hall–Kier alpha value is -4.39. The van der Waals surface area contributed by atoms with Gasteiger partial charge in [-0.1, -0.05) is 61.7 Å². The highest BCUT2D eigenvalue weighted by Crippen LogP contribution is 2.42. The van der Waals surface area contributed by atoms with Crippen molar-refractivity contribution in [1.29, 1.82) is 0 Å². The van der Waals surface area contributed by atoms with Crippen molar-refractivity contribution in [1.82, 2.24) is 0 Å². The Morgan fingerprint density at radius 2 is 1.68 bits per heavy atom.